The summed E-state index contributed by atoms with van der Waals surface area (Å²) in [6.45, 7) is 0. The molecule has 0 radical (unpaired) electrons. The highest BCUT2D eigenvalue weighted by molar-refractivity contribution is 9.10. The molecule has 0 bridgehead atoms. The smallest absolute Gasteiger partial charge is 0.337 e. The molecule has 0 unspecified atom stereocenters. The molecular weight excluding hydrogens is 328 g/mol. The van der Waals surface area contributed by atoms with Crippen LogP contribution in [0.3, 0.4) is 0 Å². The van der Waals surface area contributed by atoms with Crippen molar-refractivity contribution in [2.24, 2.45) is 0 Å². The average molecular weight is 339 g/mol. The van der Waals surface area contributed by atoms with Gasteiger partial charge in [-0.2, -0.15) is 0 Å². The third-order valence-corrected chi connectivity index (χ3v) is 3.09. The maximum Gasteiger partial charge on any atom is 0.337 e. The lowest BCUT2D eigenvalue weighted by atomic mass is 10.2. The third kappa shape index (κ3) is 3.00. The molecule has 0 amide bonds. The summed E-state index contributed by atoms with van der Waals surface area (Å²) in [5.74, 6) is 0.210. The monoisotopic (exact) mass is 338 g/mol. The molecule has 0 saturated carbocycles. The molecule has 104 valence electrons. The number of hydrogen-bond acceptors (Lipinski definition) is 5. The van der Waals surface area contributed by atoms with Crippen molar-refractivity contribution >= 4 is 27.6 Å². The Morgan fingerprint density at radius 3 is 2.70 bits per heavy atom. The van der Waals surface area contributed by atoms with Crippen LogP contribution in [-0.4, -0.2) is 23.2 Å². The SMILES string of the molecule is COc1ccc(Oc2ncc(C(=O)O)cc2N)c(Br)c1. The molecule has 0 aliphatic heterocycles. The van der Waals surface area contributed by atoms with Gasteiger partial charge in [0.25, 0.3) is 0 Å². The number of carbonyl (C=O) groups is 1. The maximum absolute atomic E-state index is 10.8. The van der Waals surface area contributed by atoms with Crippen molar-refractivity contribution in [1.82, 2.24) is 4.98 Å². The van der Waals surface area contributed by atoms with Gasteiger partial charge in [0.15, 0.2) is 0 Å². The minimum Gasteiger partial charge on any atom is -0.497 e. The Hall–Kier alpha value is -2.28. The number of nitrogen functional groups attached to an aromatic ring is 1. The molecular formula is C13H11BrN2O4. The van der Waals surface area contributed by atoms with Crippen LogP contribution in [0, 0.1) is 0 Å². The summed E-state index contributed by atoms with van der Waals surface area (Å²) in [5.41, 5.74) is 5.87. The Balaban J connectivity index is 2.28. The predicted molar refractivity (Wildman–Crippen MR) is 76.4 cm³/mol. The first-order valence-electron chi connectivity index (χ1n) is 5.51. The van der Waals surface area contributed by atoms with E-state index in [9.17, 15) is 4.79 Å². The van der Waals surface area contributed by atoms with E-state index in [0.717, 1.165) is 0 Å². The molecule has 1 aromatic carbocycles. The van der Waals surface area contributed by atoms with Crippen LogP contribution in [0.4, 0.5) is 5.69 Å². The molecule has 0 saturated heterocycles. The van der Waals surface area contributed by atoms with Crippen molar-refractivity contribution < 1.29 is 19.4 Å². The van der Waals surface area contributed by atoms with Gasteiger partial charge in [-0.05, 0) is 40.2 Å². The molecule has 0 atom stereocenters. The number of benzene rings is 1. The lowest BCUT2D eigenvalue weighted by Crippen LogP contribution is -2.02. The van der Waals surface area contributed by atoms with Gasteiger partial charge < -0.3 is 20.3 Å². The number of nitrogens with two attached hydrogens (primary N) is 1. The second-order valence-electron chi connectivity index (χ2n) is 3.82. The van der Waals surface area contributed by atoms with Crippen LogP contribution in [0.5, 0.6) is 17.4 Å². The number of hydrogen-bond donors (Lipinski definition) is 2. The Kier molecular flexibility index (Phi) is 4.09. The minimum absolute atomic E-state index is 0.00338. The van der Waals surface area contributed by atoms with Gasteiger partial charge in [0.2, 0.25) is 5.88 Å². The highest BCUT2D eigenvalue weighted by atomic mass is 79.9. The first kappa shape index (κ1) is 14.1. The Bertz CT molecular complexity index is 661. The summed E-state index contributed by atoms with van der Waals surface area (Å²) < 4.78 is 11.3. The van der Waals surface area contributed by atoms with Crippen molar-refractivity contribution in [3.05, 3.63) is 40.5 Å². The summed E-state index contributed by atoms with van der Waals surface area (Å²) in [7, 11) is 1.56. The molecule has 6 nitrogen and oxygen atoms in total. The van der Waals surface area contributed by atoms with Crippen LogP contribution in [-0.2, 0) is 0 Å². The summed E-state index contributed by atoms with van der Waals surface area (Å²) in [5, 5.41) is 8.83. The topological polar surface area (TPSA) is 94.7 Å². The summed E-state index contributed by atoms with van der Waals surface area (Å²) in [4.78, 5) is 14.7. The predicted octanol–water partition coefficient (Wildman–Crippen LogP) is 2.93. The number of aromatic nitrogens is 1. The highest BCUT2D eigenvalue weighted by Crippen LogP contribution is 2.33. The number of carboxylic acid groups (broad SMARTS) is 1. The summed E-state index contributed by atoms with van der Waals surface area (Å²) in [6, 6.07) is 6.44. The minimum atomic E-state index is -1.10. The summed E-state index contributed by atoms with van der Waals surface area (Å²) in [6.07, 6.45) is 1.19. The second-order valence-corrected chi connectivity index (χ2v) is 4.68. The number of ether oxygens (including phenoxy) is 2. The zero-order valence-electron chi connectivity index (χ0n) is 10.5. The second kappa shape index (κ2) is 5.79. The van der Waals surface area contributed by atoms with Gasteiger partial charge in [-0.15, -0.1) is 0 Å². The van der Waals surface area contributed by atoms with Gasteiger partial charge in [-0.1, -0.05) is 0 Å². The number of pyridine rings is 1. The van der Waals surface area contributed by atoms with Gasteiger partial charge in [0.1, 0.15) is 11.5 Å². The van der Waals surface area contributed by atoms with Gasteiger partial charge in [0, 0.05) is 6.20 Å². The molecule has 0 aliphatic rings. The van der Waals surface area contributed by atoms with Crippen molar-refractivity contribution in [2.45, 2.75) is 0 Å². The number of nitrogens with zero attached hydrogens (tertiary/aromatic N) is 1. The van der Waals surface area contributed by atoms with Gasteiger partial charge in [-0.3, -0.25) is 0 Å². The van der Waals surface area contributed by atoms with Gasteiger partial charge in [-0.25, -0.2) is 9.78 Å². The fraction of sp³-hybridized carbons (Fsp3) is 0.0769. The van der Waals surface area contributed by atoms with Crippen LogP contribution >= 0.6 is 15.9 Å². The van der Waals surface area contributed by atoms with Crippen molar-refractivity contribution in [1.29, 1.82) is 0 Å². The lowest BCUT2D eigenvalue weighted by molar-refractivity contribution is 0.0696. The van der Waals surface area contributed by atoms with Crippen LogP contribution in [0.25, 0.3) is 0 Å². The largest absolute Gasteiger partial charge is 0.497 e. The average Bonchev–Trinajstić information content (AvgIpc) is 2.42. The van der Waals surface area contributed by atoms with E-state index in [-0.39, 0.29) is 17.1 Å². The zero-order chi connectivity index (χ0) is 14.7. The Morgan fingerprint density at radius 2 is 2.15 bits per heavy atom. The van der Waals surface area contributed by atoms with Gasteiger partial charge in [0.05, 0.1) is 22.8 Å². The number of methoxy groups -OCH3 is 1. The lowest BCUT2D eigenvalue weighted by Gasteiger charge is -2.10. The van der Waals surface area contributed by atoms with Crippen LogP contribution in [0.2, 0.25) is 0 Å². The standard InChI is InChI=1S/C13H11BrN2O4/c1-19-8-2-3-11(9(14)5-8)20-12-10(15)4-7(6-16-12)13(17)18/h2-6H,15H2,1H3,(H,17,18). The number of aromatic carboxylic acids is 1. The van der Waals surface area contributed by atoms with E-state index in [1.165, 1.54) is 12.3 Å². The van der Waals surface area contributed by atoms with E-state index < -0.39 is 5.97 Å². The van der Waals surface area contributed by atoms with Crippen molar-refractivity contribution in [3.8, 4) is 17.4 Å². The Labute approximate surface area is 123 Å². The molecule has 1 heterocycles. The van der Waals surface area contributed by atoms with E-state index in [4.69, 9.17) is 20.3 Å². The fourth-order valence-electron chi connectivity index (χ4n) is 1.47. The normalized spacial score (nSPS) is 10.1. The quantitative estimate of drug-likeness (QED) is 0.889. The molecule has 1 aromatic heterocycles. The van der Waals surface area contributed by atoms with E-state index in [0.29, 0.717) is 16.0 Å². The van der Waals surface area contributed by atoms with Crippen LogP contribution in [0.1, 0.15) is 10.4 Å². The molecule has 3 N–H and O–H groups in total. The van der Waals surface area contributed by atoms with E-state index in [1.807, 2.05) is 0 Å². The number of carboxylic acids is 1. The van der Waals surface area contributed by atoms with Crippen LogP contribution < -0.4 is 15.2 Å². The third-order valence-electron chi connectivity index (χ3n) is 2.47. The molecule has 0 spiro atoms. The van der Waals surface area contributed by atoms with Crippen molar-refractivity contribution in [2.75, 3.05) is 12.8 Å². The fourth-order valence-corrected chi connectivity index (χ4v) is 1.91. The highest BCUT2D eigenvalue weighted by Gasteiger charge is 2.11. The number of anilines is 1. The molecule has 2 rings (SSSR count). The van der Waals surface area contributed by atoms with E-state index in [2.05, 4.69) is 20.9 Å². The molecule has 0 aliphatic carbocycles. The molecule has 20 heavy (non-hydrogen) atoms. The van der Waals surface area contributed by atoms with Crippen molar-refractivity contribution in [3.63, 3.8) is 0 Å². The van der Waals surface area contributed by atoms with Gasteiger partial charge >= 0.3 is 5.97 Å². The molecule has 2 aromatic rings. The summed E-state index contributed by atoms with van der Waals surface area (Å²) >= 11 is 3.34. The van der Waals surface area contributed by atoms with Crippen LogP contribution in [0.15, 0.2) is 34.9 Å². The Morgan fingerprint density at radius 1 is 1.40 bits per heavy atom. The number of halogens is 1. The molecule has 0 fully saturated rings. The van der Waals surface area contributed by atoms with E-state index in [1.54, 1.807) is 25.3 Å². The zero-order valence-corrected chi connectivity index (χ0v) is 12.0. The number of rotatable bonds is 4. The van der Waals surface area contributed by atoms with E-state index >= 15 is 0 Å². The first-order chi connectivity index (χ1) is 9.51. The first-order valence-corrected chi connectivity index (χ1v) is 6.30. The maximum atomic E-state index is 10.8. The molecule has 7 heteroatoms.